The highest BCUT2D eigenvalue weighted by molar-refractivity contribution is 6.05. The lowest BCUT2D eigenvalue weighted by Crippen LogP contribution is -2.48. The third-order valence-electron chi connectivity index (χ3n) is 6.04. The fourth-order valence-electron chi connectivity index (χ4n) is 4.11. The number of urea groups is 1. The molecule has 1 unspecified atom stereocenters. The number of benzene rings is 2. The van der Waals surface area contributed by atoms with Gasteiger partial charge in [0.15, 0.2) is 0 Å². The van der Waals surface area contributed by atoms with Crippen molar-refractivity contribution >= 4 is 29.3 Å². The minimum absolute atomic E-state index is 0.136. The molecule has 0 spiro atoms. The molecule has 1 aliphatic heterocycles. The largest absolute Gasteiger partial charge is 0.459 e. The summed E-state index contributed by atoms with van der Waals surface area (Å²) in [5, 5.41) is 16.9. The molecule has 2 aromatic rings. The fourth-order valence-corrected chi connectivity index (χ4v) is 4.11. The maximum absolute atomic E-state index is 13.1. The number of nitro benzene ring substituents is 1. The Balaban J connectivity index is 1.94. The summed E-state index contributed by atoms with van der Waals surface area (Å²) in [6.45, 7) is 9.33. The van der Waals surface area contributed by atoms with E-state index in [1.165, 1.54) is 18.2 Å². The highest BCUT2D eigenvalue weighted by atomic mass is 16.6. The second kappa shape index (κ2) is 11.7. The molecule has 0 saturated heterocycles. The Morgan fingerprint density at radius 1 is 1.19 bits per heavy atom. The molecule has 1 atom stereocenters. The first-order valence-corrected chi connectivity index (χ1v) is 12.2. The molecule has 3 amide bonds. The molecule has 196 valence electrons. The number of carbonyl (C=O) groups excluding carboxylic acids is 3. The molecule has 2 aromatic carbocycles. The Bertz CT molecular complexity index is 1250. The van der Waals surface area contributed by atoms with Crippen LogP contribution in [0.15, 0.2) is 53.7 Å². The minimum atomic E-state index is -0.783. The van der Waals surface area contributed by atoms with Crippen LogP contribution in [0.5, 0.6) is 0 Å². The molecular weight excluding hydrogens is 476 g/mol. The molecule has 3 rings (SSSR count). The van der Waals surface area contributed by atoms with E-state index < -0.39 is 22.8 Å². The van der Waals surface area contributed by atoms with Crippen LogP contribution < -0.4 is 10.6 Å². The number of nitrogens with one attached hydrogen (secondary N) is 2. The predicted octanol–water partition coefficient (Wildman–Crippen LogP) is 5.25. The molecule has 0 fully saturated rings. The van der Waals surface area contributed by atoms with E-state index in [4.69, 9.17) is 4.74 Å². The molecule has 0 radical (unpaired) electrons. The van der Waals surface area contributed by atoms with Gasteiger partial charge in [0.2, 0.25) is 0 Å². The van der Waals surface area contributed by atoms with Crippen LogP contribution in [0.4, 0.5) is 16.2 Å². The smallest absolute Gasteiger partial charge is 0.338 e. The molecule has 0 saturated carbocycles. The molecular formula is C27H32N4O6. The standard InChI is InChI=1S/C27H32N4O6/c1-6-7-13-30-18(5)23(26(33)37-16(2)3)24(29-27(30)34)19-9-8-10-21(14-19)28-25(32)20-12-11-17(4)22(15-20)31(35)36/h8-12,14-16,24H,6-7,13H2,1-5H3,(H,28,32)(H,29,34). The molecule has 0 aromatic heterocycles. The van der Waals surface area contributed by atoms with Gasteiger partial charge in [-0.15, -0.1) is 0 Å². The lowest BCUT2D eigenvalue weighted by Gasteiger charge is -2.35. The summed E-state index contributed by atoms with van der Waals surface area (Å²) in [7, 11) is 0. The summed E-state index contributed by atoms with van der Waals surface area (Å²) in [5.41, 5.74) is 2.27. The zero-order chi connectivity index (χ0) is 27.3. The first-order valence-electron chi connectivity index (χ1n) is 12.2. The van der Waals surface area contributed by atoms with Crippen molar-refractivity contribution in [3.05, 3.63) is 80.5 Å². The third kappa shape index (κ3) is 6.32. The number of esters is 1. The molecule has 0 aliphatic carbocycles. The van der Waals surface area contributed by atoms with E-state index in [2.05, 4.69) is 10.6 Å². The number of rotatable bonds is 9. The molecule has 10 heteroatoms. The zero-order valence-corrected chi connectivity index (χ0v) is 21.7. The Labute approximate surface area is 215 Å². The molecule has 1 aliphatic rings. The van der Waals surface area contributed by atoms with Crippen LogP contribution in [0.3, 0.4) is 0 Å². The molecule has 0 bridgehead atoms. The number of aryl methyl sites for hydroxylation is 1. The minimum Gasteiger partial charge on any atom is -0.459 e. The SMILES string of the molecule is CCCCN1C(=O)NC(c2cccc(NC(=O)c3ccc(C)c([N+](=O)[O-])c3)c2)C(C(=O)OC(C)C)=C1C. The Morgan fingerprint density at radius 2 is 1.92 bits per heavy atom. The number of ether oxygens (including phenoxy) is 1. The number of amides is 3. The highest BCUT2D eigenvalue weighted by Crippen LogP contribution is 2.33. The van der Waals surface area contributed by atoms with Crippen LogP contribution in [-0.2, 0) is 9.53 Å². The maximum Gasteiger partial charge on any atom is 0.338 e. The van der Waals surface area contributed by atoms with E-state index in [0.717, 1.165) is 12.8 Å². The average molecular weight is 509 g/mol. The second-order valence-electron chi connectivity index (χ2n) is 9.18. The predicted molar refractivity (Wildman–Crippen MR) is 139 cm³/mol. The van der Waals surface area contributed by atoms with Crippen LogP contribution in [-0.4, -0.2) is 40.4 Å². The Kier molecular flexibility index (Phi) is 8.65. The van der Waals surface area contributed by atoms with Gasteiger partial charge >= 0.3 is 12.0 Å². The van der Waals surface area contributed by atoms with Gasteiger partial charge in [0, 0.05) is 35.1 Å². The van der Waals surface area contributed by atoms with Gasteiger partial charge in [0.05, 0.1) is 22.6 Å². The topological polar surface area (TPSA) is 131 Å². The summed E-state index contributed by atoms with van der Waals surface area (Å²) < 4.78 is 5.49. The fraction of sp³-hybridized carbons (Fsp3) is 0.370. The van der Waals surface area contributed by atoms with Crippen LogP contribution in [0.25, 0.3) is 0 Å². The quantitative estimate of drug-likeness (QED) is 0.270. The monoisotopic (exact) mass is 508 g/mol. The highest BCUT2D eigenvalue weighted by Gasteiger charge is 2.36. The number of anilines is 1. The van der Waals surface area contributed by atoms with Crippen LogP contribution >= 0.6 is 0 Å². The van der Waals surface area contributed by atoms with E-state index in [9.17, 15) is 24.5 Å². The first kappa shape index (κ1) is 27.4. The summed E-state index contributed by atoms with van der Waals surface area (Å²) >= 11 is 0. The van der Waals surface area contributed by atoms with Crippen molar-refractivity contribution in [2.45, 2.75) is 59.6 Å². The van der Waals surface area contributed by atoms with Crippen molar-refractivity contribution in [2.75, 3.05) is 11.9 Å². The summed E-state index contributed by atoms with van der Waals surface area (Å²) in [5.74, 6) is -1.05. The van der Waals surface area contributed by atoms with Crippen molar-refractivity contribution in [1.82, 2.24) is 10.2 Å². The number of carbonyl (C=O) groups is 3. The number of hydrogen-bond donors (Lipinski definition) is 2. The number of nitro groups is 1. The number of allylic oxidation sites excluding steroid dienone is 1. The third-order valence-corrected chi connectivity index (χ3v) is 6.04. The lowest BCUT2D eigenvalue weighted by atomic mass is 9.94. The Hall–Kier alpha value is -4.21. The molecule has 1 heterocycles. The van der Waals surface area contributed by atoms with Crippen LogP contribution in [0.2, 0.25) is 0 Å². The Morgan fingerprint density at radius 3 is 2.57 bits per heavy atom. The molecule has 37 heavy (non-hydrogen) atoms. The van der Waals surface area contributed by atoms with Crippen molar-refractivity contribution in [3.8, 4) is 0 Å². The van der Waals surface area contributed by atoms with Crippen molar-refractivity contribution in [2.24, 2.45) is 0 Å². The van der Waals surface area contributed by atoms with E-state index in [0.29, 0.717) is 34.6 Å². The zero-order valence-electron chi connectivity index (χ0n) is 21.7. The van der Waals surface area contributed by atoms with E-state index >= 15 is 0 Å². The lowest BCUT2D eigenvalue weighted by molar-refractivity contribution is -0.385. The molecule has 10 nitrogen and oxygen atoms in total. The van der Waals surface area contributed by atoms with Gasteiger partial charge in [-0.1, -0.05) is 31.5 Å². The summed E-state index contributed by atoms with van der Waals surface area (Å²) in [6, 6.07) is 9.91. The van der Waals surface area contributed by atoms with Gasteiger partial charge in [-0.25, -0.2) is 9.59 Å². The second-order valence-corrected chi connectivity index (χ2v) is 9.18. The number of unbranched alkanes of at least 4 members (excludes halogenated alkanes) is 1. The van der Waals surface area contributed by atoms with E-state index in [-0.39, 0.29) is 23.4 Å². The van der Waals surface area contributed by atoms with Gasteiger partial charge in [0.1, 0.15) is 0 Å². The van der Waals surface area contributed by atoms with Crippen molar-refractivity contribution in [1.29, 1.82) is 0 Å². The number of nitrogens with zero attached hydrogens (tertiary/aromatic N) is 2. The van der Waals surface area contributed by atoms with Gasteiger partial charge in [-0.05, 0) is 57.9 Å². The van der Waals surface area contributed by atoms with Crippen LogP contribution in [0, 0.1) is 17.0 Å². The van der Waals surface area contributed by atoms with E-state index in [1.54, 1.807) is 56.9 Å². The first-order chi connectivity index (χ1) is 17.5. The van der Waals surface area contributed by atoms with Crippen molar-refractivity contribution < 1.29 is 24.0 Å². The number of hydrogen-bond acceptors (Lipinski definition) is 6. The maximum atomic E-state index is 13.1. The average Bonchev–Trinajstić information content (AvgIpc) is 2.83. The summed E-state index contributed by atoms with van der Waals surface area (Å²) in [4.78, 5) is 51.2. The van der Waals surface area contributed by atoms with Crippen LogP contribution in [0.1, 0.15) is 68.1 Å². The molecule has 2 N–H and O–H groups in total. The normalized spacial score (nSPS) is 15.5. The van der Waals surface area contributed by atoms with Gasteiger partial charge in [-0.2, -0.15) is 0 Å². The van der Waals surface area contributed by atoms with Crippen molar-refractivity contribution in [3.63, 3.8) is 0 Å². The van der Waals surface area contributed by atoms with Gasteiger partial charge < -0.3 is 15.4 Å². The van der Waals surface area contributed by atoms with Gasteiger partial charge in [0.25, 0.3) is 11.6 Å². The van der Waals surface area contributed by atoms with E-state index in [1.807, 2.05) is 6.92 Å². The summed E-state index contributed by atoms with van der Waals surface area (Å²) in [6.07, 6.45) is 1.32. The van der Waals surface area contributed by atoms with Gasteiger partial charge in [-0.3, -0.25) is 19.8 Å².